The Bertz CT molecular complexity index is 950. The molecule has 130 valence electrons. The third kappa shape index (κ3) is 3.82. The Kier molecular flexibility index (Phi) is 5.05. The zero-order valence-corrected chi connectivity index (χ0v) is 16.6. The van der Waals surface area contributed by atoms with Crippen molar-refractivity contribution in [3.63, 3.8) is 0 Å². The average Bonchev–Trinajstić information content (AvgIpc) is 3.12. The van der Waals surface area contributed by atoms with Gasteiger partial charge >= 0.3 is 0 Å². The molecule has 0 fully saturated rings. The largest absolute Gasteiger partial charge is 0.318 e. The van der Waals surface area contributed by atoms with E-state index in [1.54, 1.807) is 27.7 Å². The average molecular weight is 471 g/mol. The highest BCUT2D eigenvalue weighted by molar-refractivity contribution is 9.10. The lowest BCUT2D eigenvalue weighted by Crippen LogP contribution is -2.16. The summed E-state index contributed by atoms with van der Waals surface area (Å²) >= 11 is 6.65. The second-order valence-electron chi connectivity index (χ2n) is 5.44. The van der Waals surface area contributed by atoms with Crippen molar-refractivity contribution >= 4 is 43.5 Å². The lowest BCUT2D eigenvalue weighted by atomic mass is 10.3. The van der Waals surface area contributed by atoms with Crippen LogP contribution in [-0.4, -0.2) is 25.5 Å². The number of aryl methyl sites for hydroxylation is 1. The van der Waals surface area contributed by atoms with E-state index in [4.69, 9.17) is 0 Å². The highest BCUT2D eigenvalue weighted by atomic mass is 79.9. The molecule has 2 aromatic heterocycles. The first-order valence-corrected chi connectivity index (χ1v) is 8.93. The van der Waals surface area contributed by atoms with Gasteiger partial charge in [-0.15, -0.1) is 0 Å². The van der Waals surface area contributed by atoms with Gasteiger partial charge in [0.2, 0.25) is 0 Å². The molecule has 0 aliphatic rings. The van der Waals surface area contributed by atoms with Crippen LogP contribution in [0, 0.1) is 19.7 Å². The Labute approximate surface area is 160 Å². The zero-order valence-electron chi connectivity index (χ0n) is 13.4. The fourth-order valence-corrected chi connectivity index (χ4v) is 2.91. The van der Waals surface area contributed by atoms with Crippen LogP contribution in [0.15, 0.2) is 39.4 Å². The third-order valence-corrected chi connectivity index (χ3v) is 5.27. The molecule has 1 aromatic carbocycles. The number of aromatic nitrogens is 4. The second kappa shape index (κ2) is 7.09. The summed E-state index contributed by atoms with van der Waals surface area (Å²) in [5, 5.41) is 11.1. The van der Waals surface area contributed by atoms with Crippen molar-refractivity contribution in [1.29, 1.82) is 0 Å². The summed E-state index contributed by atoms with van der Waals surface area (Å²) in [7, 11) is 0. The predicted molar refractivity (Wildman–Crippen MR) is 99.1 cm³/mol. The molecule has 0 unspecified atom stereocenters. The molecule has 0 saturated carbocycles. The molecule has 6 nitrogen and oxygen atoms in total. The summed E-state index contributed by atoms with van der Waals surface area (Å²) in [5.41, 5.74) is 2.15. The van der Waals surface area contributed by atoms with Crippen molar-refractivity contribution in [2.75, 3.05) is 5.32 Å². The number of carbonyl (C=O) groups is 1. The molecule has 25 heavy (non-hydrogen) atoms. The van der Waals surface area contributed by atoms with Crippen molar-refractivity contribution in [2.45, 2.75) is 20.5 Å². The first kappa shape index (κ1) is 17.8. The van der Waals surface area contributed by atoms with Crippen LogP contribution in [-0.2, 0) is 6.67 Å². The standard InChI is InChI=1S/C16H14Br2FN5O/c1-9-15(18)10(2)24(21-9)8-23-6-5-14(22-23)16(25)20-13-4-3-11(17)7-12(13)19/h3-7H,8H2,1-2H3,(H,20,25). The van der Waals surface area contributed by atoms with E-state index in [0.29, 0.717) is 11.1 Å². The van der Waals surface area contributed by atoms with E-state index in [1.807, 2.05) is 13.8 Å². The van der Waals surface area contributed by atoms with Gasteiger partial charge in [0.15, 0.2) is 5.69 Å². The fourth-order valence-electron chi connectivity index (χ4n) is 2.29. The van der Waals surface area contributed by atoms with Crippen LogP contribution in [0.25, 0.3) is 0 Å². The van der Waals surface area contributed by atoms with Crippen LogP contribution >= 0.6 is 31.9 Å². The van der Waals surface area contributed by atoms with Crippen LogP contribution in [0.4, 0.5) is 10.1 Å². The van der Waals surface area contributed by atoms with Gasteiger partial charge in [-0.3, -0.25) is 9.48 Å². The normalized spacial score (nSPS) is 10.9. The molecule has 0 radical (unpaired) electrons. The van der Waals surface area contributed by atoms with E-state index in [9.17, 15) is 9.18 Å². The van der Waals surface area contributed by atoms with Gasteiger partial charge in [-0.1, -0.05) is 15.9 Å². The molecule has 0 spiro atoms. The predicted octanol–water partition coefficient (Wildman–Crippen LogP) is 4.12. The Morgan fingerprint density at radius 1 is 1.24 bits per heavy atom. The van der Waals surface area contributed by atoms with Gasteiger partial charge in [0.1, 0.15) is 12.5 Å². The first-order valence-electron chi connectivity index (χ1n) is 7.34. The van der Waals surface area contributed by atoms with Crippen molar-refractivity contribution in [2.24, 2.45) is 0 Å². The SMILES string of the molecule is Cc1nn(Cn2ccc(C(=O)Nc3ccc(Br)cc3F)n2)c(C)c1Br. The van der Waals surface area contributed by atoms with Crippen molar-refractivity contribution < 1.29 is 9.18 Å². The van der Waals surface area contributed by atoms with E-state index in [1.165, 1.54) is 12.1 Å². The summed E-state index contributed by atoms with van der Waals surface area (Å²) in [6, 6.07) is 6.00. The summed E-state index contributed by atoms with van der Waals surface area (Å²) in [6.45, 7) is 4.22. The number of anilines is 1. The molecule has 9 heteroatoms. The Morgan fingerprint density at radius 2 is 2.00 bits per heavy atom. The molecule has 1 amide bonds. The minimum Gasteiger partial charge on any atom is -0.318 e. The number of benzene rings is 1. The summed E-state index contributed by atoms with van der Waals surface area (Å²) in [4.78, 5) is 12.2. The highest BCUT2D eigenvalue weighted by Gasteiger charge is 2.14. The molecule has 3 rings (SSSR count). The quantitative estimate of drug-likeness (QED) is 0.623. The molecular formula is C16H14Br2FN5O. The summed E-state index contributed by atoms with van der Waals surface area (Å²) in [5.74, 6) is -0.996. The molecule has 3 aromatic rings. The van der Waals surface area contributed by atoms with Gasteiger partial charge in [-0.2, -0.15) is 10.2 Å². The van der Waals surface area contributed by atoms with Crippen molar-refractivity contribution in [3.05, 3.63) is 62.3 Å². The molecule has 0 aliphatic heterocycles. The number of halogens is 3. The van der Waals surface area contributed by atoms with Crippen LogP contribution in [0.1, 0.15) is 21.9 Å². The molecule has 0 bridgehead atoms. The number of nitrogens with one attached hydrogen (secondary N) is 1. The topological polar surface area (TPSA) is 64.7 Å². The number of hydrogen-bond donors (Lipinski definition) is 1. The number of rotatable bonds is 4. The van der Waals surface area contributed by atoms with Crippen LogP contribution < -0.4 is 5.32 Å². The molecular weight excluding hydrogens is 457 g/mol. The van der Waals surface area contributed by atoms with E-state index < -0.39 is 11.7 Å². The zero-order chi connectivity index (χ0) is 18.1. The molecule has 2 heterocycles. The summed E-state index contributed by atoms with van der Waals surface area (Å²) < 4.78 is 18.7. The monoisotopic (exact) mass is 469 g/mol. The fraction of sp³-hybridized carbons (Fsp3) is 0.188. The highest BCUT2D eigenvalue weighted by Crippen LogP contribution is 2.21. The number of amides is 1. The van der Waals surface area contributed by atoms with Crippen molar-refractivity contribution in [1.82, 2.24) is 19.6 Å². The van der Waals surface area contributed by atoms with Gasteiger partial charge in [0.05, 0.1) is 21.5 Å². The first-order chi connectivity index (χ1) is 11.8. The van der Waals surface area contributed by atoms with Gasteiger partial charge in [-0.05, 0) is 54.0 Å². The Balaban J connectivity index is 1.74. The third-order valence-electron chi connectivity index (χ3n) is 3.62. The molecule has 1 N–H and O–H groups in total. The van der Waals surface area contributed by atoms with Crippen LogP contribution in [0.5, 0.6) is 0 Å². The molecule has 0 saturated heterocycles. The minimum atomic E-state index is -0.519. The van der Waals surface area contributed by atoms with E-state index >= 15 is 0 Å². The molecule has 0 atom stereocenters. The molecule has 0 aliphatic carbocycles. The lowest BCUT2D eigenvalue weighted by Gasteiger charge is -2.06. The summed E-state index contributed by atoms with van der Waals surface area (Å²) in [6.07, 6.45) is 1.68. The number of carbonyl (C=O) groups excluding carboxylic acids is 1. The lowest BCUT2D eigenvalue weighted by molar-refractivity contribution is 0.102. The van der Waals surface area contributed by atoms with E-state index in [-0.39, 0.29) is 11.4 Å². The minimum absolute atomic E-state index is 0.102. The van der Waals surface area contributed by atoms with E-state index in [0.717, 1.165) is 15.9 Å². The van der Waals surface area contributed by atoms with Crippen LogP contribution in [0.3, 0.4) is 0 Å². The van der Waals surface area contributed by atoms with Gasteiger partial charge in [0, 0.05) is 10.7 Å². The smallest absolute Gasteiger partial charge is 0.276 e. The van der Waals surface area contributed by atoms with Gasteiger partial charge < -0.3 is 5.32 Å². The Hall–Kier alpha value is -2.00. The van der Waals surface area contributed by atoms with Gasteiger partial charge in [0.25, 0.3) is 5.91 Å². The number of nitrogens with zero attached hydrogens (tertiary/aromatic N) is 4. The Morgan fingerprint density at radius 3 is 2.64 bits per heavy atom. The van der Waals surface area contributed by atoms with Crippen molar-refractivity contribution in [3.8, 4) is 0 Å². The second-order valence-corrected chi connectivity index (χ2v) is 7.15. The maximum atomic E-state index is 13.8. The maximum absolute atomic E-state index is 13.8. The maximum Gasteiger partial charge on any atom is 0.276 e. The van der Waals surface area contributed by atoms with E-state index in [2.05, 4.69) is 47.4 Å². The van der Waals surface area contributed by atoms with Crippen LogP contribution in [0.2, 0.25) is 0 Å². The number of hydrogen-bond acceptors (Lipinski definition) is 3. The van der Waals surface area contributed by atoms with Gasteiger partial charge in [-0.25, -0.2) is 9.07 Å².